The molecule has 0 amide bonds. The van der Waals surface area contributed by atoms with Crippen molar-refractivity contribution in [1.82, 2.24) is 4.98 Å². The molecule has 1 aromatic rings. The number of nitrogens with zero attached hydrogens (tertiary/aromatic N) is 2. The van der Waals surface area contributed by atoms with E-state index in [-0.39, 0.29) is 35.2 Å². The van der Waals surface area contributed by atoms with Gasteiger partial charge in [0, 0.05) is 31.2 Å². The Morgan fingerprint density at radius 3 is 3.03 bits per heavy atom. The Morgan fingerprint density at radius 1 is 1.26 bits per heavy atom. The first kappa shape index (κ1) is 19.1. The molecule has 1 aliphatic heterocycles. The van der Waals surface area contributed by atoms with Crippen LogP contribution in [0.3, 0.4) is 0 Å². The third kappa shape index (κ3) is 2.81. The van der Waals surface area contributed by atoms with E-state index in [0.717, 1.165) is 49.9 Å². The van der Waals surface area contributed by atoms with Crippen LogP contribution in [-0.4, -0.2) is 22.9 Å². The van der Waals surface area contributed by atoms with Crippen molar-refractivity contribution in [1.29, 1.82) is 0 Å². The summed E-state index contributed by atoms with van der Waals surface area (Å²) in [5, 5.41) is 3.66. The molecule has 1 aromatic heterocycles. The van der Waals surface area contributed by atoms with Crippen molar-refractivity contribution < 1.29 is 9.53 Å². The number of rotatable bonds is 2. The summed E-state index contributed by atoms with van der Waals surface area (Å²) in [4.78, 5) is 28.7. The molecule has 4 aliphatic carbocycles. The normalized spacial score (nSPS) is 38.4. The summed E-state index contributed by atoms with van der Waals surface area (Å²) in [6, 6.07) is 1.91. The van der Waals surface area contributed by atoms with Crippen LogP contribution >= 0.6 is 0 Å². The van der Waals surface area contributed by atoms with Gasteiger partial charge in [0.1, 0.15) is 11.9 Å². The van der Waals surface area contributed by atoms with Gasteiger partial charge < -0.3 is 4.74 Å². The van der Waals surface area contributed by atoms with Crippen LogP contribution in [0, 0.1) is 28.1 Å². The van der Waals surface area contributed by atoms with Crippen LogP contribution in [0.4, 0.5) is 0 Å². The molecular weight excluding hydrogens is 388 g/mol. The lowest BCUT2D eigenvalue weighted by molar-refractivity contribution is -0.116. The number of nitroso groups, excluding NO2 is 1. The van der Waals surface area contributed by atoms with Gasteiger partial charge in [-0.3, -0.25) is 9.78 Å². The van der Waals surface area contributed by atoms with Crippen molar-refractivity contribution in [3.63, 3.8) is 0 Å². The highest BCUT2D eigenvalue weighted by atomic mass is 16.5. The van der Waals surface area contributed by atoms with Crippen LogP contribution in [0.5, 0.6) is 0 Å². The van der Waals surface area contributed by atoms with Gasteiger partial charge in [0.25, 0.3) is 0 Å². The zero-order chi connectivity index (χ0) is 21.2. The minimum Gasteiger partial charge on any atom is -0.489 e. The molecule has 0 saturated heterocycles. The fraction of sp³-hybridized carbons (Fsp3) is 0.538. The molecule has 6 atom stereocenters. The van der Waals surface area contributed by atoms with Gasteiger partial charge in [-0.1, -0.05) is 24.3 Å². The number of allylic oxidation sites excluding steroid dienone is 4. The van der Waals surface area contributed by atoms with Crippen LogP contribution in [0.2, 0.25) is 0 Å². The number of aromatic nitrogens is 1. The maximum absolute atomic E-state index is 12.4. The number of Topliss-reactive ketones (excluding diaryl/α,β-unsaturated/α-hetero) is 1. The summed E-state index contributed by atoms with van der Waals surface area (Å²) in [5.74, 6) is 1.87. The topological polar surface area (TPSA) is 68.6 Å². The van der Waals surface area contributed by atoms with Crippen LogP contribution in [0.25, 0.3) is 6.08 Å². The maximum atomic E-state index is 12.4. The Morgan fingerprint density at radius 2 is 2.16 bits per heavy atom. The highest BCUT2D eigenvalue weighted by Gasteiger charge is 2.60. The number of ketones is 1. The van der Waals surface area contributed by atoms with Gasteiger partial charge in [-0.25, -0.2) is 0 Å². The number of carbonyl (C=O) groups is 1. The predicted octanol–water partition coefficient (Wildman–Crippen LogP) is 5.17. The average Bonchev–Trinajstić information content (AvgIpc) is 3.11. The molecule has 31 heavy (non-hydrogen) atoms. The Balaban J connectivity index is 1.33. The lowest BCUT2D eigenvalue weighted by atomic mass is 9.59. The molecule has 1 unspecified atom stereocenters. The molecule has 5 aliphatic rings. The lowest BCUT2D eigenvalue weighted by Gasteiger charge is -2.49. The first-order chi connectivity index (χ1) is 15.1. The quantitative estimate of drug-likeness (QED) is 0.624. The maximum Gasteiger partial charge on any atom is 0.166 e. The average molecular weight is 417 g/mol. The third-order valence-electron chi connectivity index (χ3n) is 8.73. The van der Waals surface area contributed by atoms with E-state index in [1.807, 2.05) is 12.4 Å². The van der Waals surface area contributed by atoms with Gasteiger partial charge in [-0.15, -0.1) is 0 Å². The molecule has 2 fully saturated rings. The van der Waals surface area contributed by atoms with Crippen molar-refractivity contribution in [2.24, 2.45) is 28.3 Å². The molecule has 0 spiro atoms. The van der Waals surface area contributed by atoms with Crippen LogP contribution in [-0.2, 0) is 16.0 Å². The molecule has 0 bridgehead atoms. The van der Waals surface area contributed by atoms with Crippen molar-refractivity contribution >= 4 is 11.9 Å². The van der Waals surface area contributed by atoms with Crippen LogP contribution in [0.15, 0.2) is 52.7 Å². The molecule has 2 saturated carbocycles. The molecule has 0 radical (unpaired) electrons. The van der Waals surface area contributed by atoms with Gasteiger partial charge in [-0.2, -0.15) is 4.91 Å². The second-order valence-electron chi connectivity index (χ2n) is 10.2. The highest BCUT2D eigenvalue weighted by Crippen LogP contribution is 2.62. The number of hydrogen-bond donors (Lipinski definition) is 0. The Hall–Kier alpha value is -2.56. The first-order valence-corrected chi connectivity index (χ1v) is 11.7. The van der Waals surface area contributed by atoms with E-state index in [1.54, 1.807) is 0 Å². The monoisotopic (exact) mass is 416 g/mol. The van der Waals surface area contributed by atoms with Crippen molar-refractivity contribution in [3.8, 4) is 0 Å². The molecule has 0 aromatic carbocycles. The Labute approximate surface area is 182 Å². The molecule has 160 valence electrons. The van der Waals surface area contributed by atoms with Crippen LogP contribution < -0.4 is 0 Å². The van der Waals surface area contributed by atoms with Crippen molar-refractivity contribution in [2.75, 3.05) is 0 Å². The summed E-state index contributed by atoms with van der Waals surface area (Å²) < 4.78 is 6.55. The fourth-order valence-electron chi connectivity index (χ4n) is 7.22. The van der Waals surface area contributed by atoms with Crippen molar-refractivity contribution in [2.45, 2.75) is 64.0 Å². The predicted molar refractivity (Wildman–Crippen MR) is 118 cm³/mol. The van der Waals surface area contributed by atoms with Gasteiger partial charge in [-0.05, 0) is 78.2 Å². The second kappa shape index (κ2) is 6.98. The number of carbonyl (C=O) groups excluding carboxylic acids is 1. The van der Waals surface area contributed by atoms with E-state index in [1.165, 1.54) is 16.7 Å². The smallest absolute Gasteiger partial charge is 0.166 e. The van der Waals surface area contributed by atoms with Gasteiger partial charge in [0.15, 0.2) is 5.78 Å². The number of ether oxygens (including phenoxy) is 1. The fourth-order valence-corrected chi connectivity index (χ4v) is 7.22. The first-order valence-electron chi connectivity index (χ1n) is 11.7. The van der Waals surface area contributed by atoms with E-state index in [4.69, 9.17) is 4.74 Å². The Bertz CT molecular complexity index is 1050. The van der Waals surface area contributed by atoms with E-state index in [2.05, 4.69) is 41.4 Å². The summed E-state index contributed by atoms with van der Waals surface area (Å²) in [6.45, 7) is 2.36. The van der Waals surface area contributed by atoms with E-state index in [0.29, 0.717) is 12.3 Å². The summed E-state index contributed by atoms with van der Waals surface area (Å²) in [7, 11) is 0. The number of hydrogen-bond acceptors (Lipinski definition) is 5. The second-order valence-corrected chi connectivity index (χ2v) is 10.2. The Kier molecular flexibility index (Phi) is 4.31. The number of fused-ring (bicyclic) bond motifs is 4. The molecule has 5 heteroatoms. The van der Waals surface area contributed by atoms with E-state index >= 15 is 0 Å². The summed E-state index contributed by atoms with van der Waals surface area (Å²) in [5.41, 5.74) is 4.54. The van der Waals surface area contributed by atoms with Gasteiger partial charge >= 0.3 is 0 Å². The van der Waals surface area contributed by atoms with E-state index in [9.17, 15) is 9.70 Å². The minimum atomic E-state index is -0.195. The SMILES string of the molecule is C[C@]12CCC3=CC4=C(CCCC4=O)O[C@H]3[C@@H]1C[C@@H](N=O)[C@@H]2C1C=Cc2cnccc2C1. The summed E-state index contributed by atoms with van der Waals surface area (Å²) >= 11 is 0. The van der Waals surface area contributed by atoms with E-state index < -0.39 is 0 Å². The van der Waals surface area contributed by atoms with Crippen LogP contribution in [0.1, 0.15) is 56.6 Å². The zero-order valence-electron chi connectivity index (χ0n) is 17.9. The highest BCUT2D eigenvalue weighted by molar-refractivity contribution is 5.99. The van der Waals surface area contributed by atoms with Gasteiger partial charge in [0.2, 0.25) is 0 Å². The zero-order valence-corrected chi connectivity index (χ0v) is 17.9. The number of pyridine rings is 1. The third-order valence-corrected chi connectivity index (χ3v) is 8.73. The van der Waals surface area contributed by atoms with Gasteiger partial charge in [0.05, 0.1) is 11.6 Å². The largest absolute Gasteiger partial charge is 0.489 e. The minimum absolute atomic E-state index is 0.00311. The molecule has 6 rings (SSSR count). The molecular formula is C26H28N2O3. The molecule has 5 nitrogen and oxygen atoms in total. The molecule has 2 heterocycles. The summed E-state index contributed by atoms with van der Waals surface area (Å²) in [6.07, 6.45) is 16.4. The molecule has 0 N–H and O–H groups in total. The standard InChI is InChI=1S/C26H28N2O3/c1-26-9-7-17-12-19-22(29)3-2-4-23(19)31-25(17)20(26)13-21(28-30)24(26)16-5-6-18-14-27-10-8-15(18)11-16/h5-6,8,10,12,14,16,20-21,24-25H,2-4,7,9,11,13H2,1H3/t16?,20-,21+,24-,25+,26-/m0/s1. The van der Waals surface area contributed by atoms with Crippen molar-refractivity contribution in [3.05, 3.63) is 63.6 Å². The lowest BCUT2D eigenvalue weighted by Crippen LogP contribution is -2.46.